The fraction of sp³-hybridized carbons (Fsp3) is 0.464. The first kappa shape index (κ1) is 26.3. The molecule has 0 aromatic heterocycles. The van der Waals surface area contributed by atoms with Crippen LogP contribution in [0.2, 0.25) is 0 Å². The number of rotatable bonds is 11. The van der Waals surface area contributed by atoms with Crippen molar-refractivity contribution in [2.75, 3.05) is 6.61 Å². The Morgan fingerprint density at radius 3 is 1.91 bits per heavy atom. The second-order valence-electron chi connectivity index (χ2n) is 10.0. The zero-order valence-electron chi connectivity index (χ0n) is 20.9. The van der Waals surface area contributed by atoms with E-state index in [1.165, 1.54) is 0 Å². The highest BCUT2D eigenvalue weighted by molar-refractivity contribution is 5.89. The summed E-state index contributed by atoms with van der Waals surface area (Å²) in [7, 11) is 0. The maximum absolute atomic E-state index is 12.9. The van der Waals surface area contributed by atoms with Gasteiger partial charge in [0.15, 0.2) is 0 Å². The number of carboxylic acids is 1. The van der Waals surface area contributed by atoms with Crippen LogP contribution in [0.5, 0.6) is 0 Å². The zero-order chi connectivity index (χ0) is 25.5. The van der Waals surface area contributed by atoms with Crippen LogP contribution in [0.15, 0.2) is 48.5 Å². The van der Waals surface area contributed by atoms with E-state index in [0.717, 1.165) is 22.3 Å². The molecule has 3 rings (SSSR count). The van der Waals surface area contributed by atoms with E-state index in [-0.39, 0.29) is 18.4 Å². The molecular weight excluding hydrogens is 444 g/mol. The third-order valence-corrected chi connectivity index (χ3v) is 6.31. The van der Waals surface area contributed by atoms with E-state index in [2.05, 4.69) is 22.8 Å². The summed E-state index contributed by atoms with van der Waals surface area (Å²) in [5.41, 5.74) is 4.48. The van der Waals surface area contributed by atoms with Crippen molar-refractivity contribution in [1.29, 1.82) is 0 Å². The maximum atomic E-state index is 12.9. The van der Waals surface area contributed by atoms with Gasteiger partial charge in [0.1, 0.15) is 18.7 Å². The Bertz CT molecular complexity index is 1000. The number of nitrogens with one attached hydrogen (secondary N) is 2. The van der Waals surface area contributed by atoms with Crippen LogP contribution >= 0.6 is 0 Å². The van der Waals surface area contributed by atoms with Crippen LogP contribution in [0.25, 0.3) is 11.1 Å². The number of hydrogen-bond acceptors (Lipinski definition) is 4. The smallest absolute Gasteiger partial charge is 0.407 e. The molecule has 2 atom stereocenters. The minimum Gasteiger partial charge on any atom is -0.480 e. The van der Waals surface area contributed by atoms with Gasteiger partial charge in [-0.25, -0.2) is 9.59 Å². The van der Waals surface area contributed by atoms with E-state index < -0.39 is 30.1 Å². The van der Waals surface area contributed by atoms with Gasteiger partial charge in [0.2, 0.25) is 5.91 Å². The van der Waals surface area contributed by atoms with Gasteiger partial charge in [0, 0.05) is 5.92 Å². The number of carbonyl (C=O) groups is 3. The Morgan fingerprint density at radius 2 is 1.40 bits per heavy atom. The predicted octanol–water partition coefficient (Wildman–Crippen LogP) is 4.95. The molecule has 1 aliphatic carbocycles. The van der Waals surface area contributed by atoms with Crippen LogP contribution in [-0.2, 0) is 14.3 Å². The Labute approximate surface area is 207 Å². The molecule has 2 unspecified atom stereocenters. The summed E-state index contributed by atoms with van der Waals surface area (Å²) in [4.78, 5) is 37.3. The molecule has 0 heterocycles. The van der Waals surface area contributed by atoms with Crippen molar-refractivity contribution in [2.24, 2.45) is 11.8 Å². The first-order valence-corrected chi connectivity index (χ1v) is 12.3. The van der Waals surface area contributed by atoms with E-state index in [4.69, 9.17) is 4.74 Å². The highest BCUT2D eigenvalue weighted by Gasteiger charge is 2.31. The SMILES string of the molecule is CC(C)CCC(NC(=O)C(CC(C)C)NC(=O)OCC1c2ccccc2-c2ccccc21)C(=O)O. The molecule has 2 amide bonds. The van der Waals surface area contributed by atoms with Gasteiger partial charge in [0.25, 0.3) is 0 Å². The van der Waals surface area contributed by atoms with Crippen molar-refractivity contribution in [2.45, 2.75) is 65.0 Å². The maximum Gasteiger partial charge on any atom is 0.407 e. The number of amides is 2. The lowest BCUT2D eigenvalue weighted by Crippen LogP contribution is -2.52. The van der Waals surface area contributed by atoms with Gasteiger partial charge in [-0.2, -0.15) is 0 Å². The van der Waals surface area contributed by atoms with Gasteiger partial charge in [-0.3, -0.25) is 4.79 Å². The summed E-state index contributed by atoms with van der Waals surface area (Å²) < 4.78 is 5.59. The summed E-state index contributed by atoms with van der Waals surface area (Å²) in [6.45, 7) is 8.02. The molecule has 0 spiro atoms. The Morgan fingerprint density at radius 1 is 0.829 bits per heavy atom. The molecule has 2 aromatic carbocycles. The second kappa shape index (κ2) is 11.9. The molecule has 188 valence electrons. The molecule has 0 saturated carbocycles. The number of fused-ring (bicyclic) bond motifs is 3. The Hall–Kier alpha value is -3.35. The molecule has 3 N–H and O–H groups in total. The van der Waals surface area contributed by atoms with Crippen molar-refractivity contribution >= 4 is 18.0 Å². The highest BCUT2D eigenvalue weighted by atomic mass is 16.5. The summed E-state index contributed by atoms with van der Waals surface area (Å²) in [6, 6.07) is 14.3. The molecule has 0 saturated heterocycles. The summed E-state index contributed by atoms with van der Waals surface area (Å²) in [5.74, 6) is -1.25. The molecular formula is C28H36N2O5. The van der Waals surface area contributed by atoms with Crippen LogP contribution in [-0.4, -0.2) is 41.8 Å². The molecule has 2 aromatic rings. The molecule has 1 aliphatic rings. The summed E-state index contributed by atoms with van der Waals surface area (Å²) in [6.07, 6.45) is 0.679. The van der Waals surface area contributed by atoms with Crippen LogP contribution in [0.3, 0.4) is 0 Å². The highest BCUT2D eigenvalue weighted by Crippen LogP contribution is 2.44. The number of aliphatic carboxylic acids is 1. The Kier molecular flexibility index (Phi) is 8.90. The number of benzene rings is 2. The first-order valence-electron chi connectivity index (χ1n) is 12.3. The third kappa shape index (κ3) is 6.84. The Balaban J connectivity index is 1.65. The van der Waals surface area contributed by atoms with Crippen molar-refractivity contribution in [3.05, 3.63) is 59.7 Å². The van der Waals surface area contributed by atoms with Crippen LogP contribution in [0.4, 0.5) is 4.79 Å². The van der Waals surface area contributed by atoms with E-state index in [9.17, 15) is 19.5 Å². The van der Waals surface area contributed by atoms with Gasteiger partial charge < -0.3 is 20.5 Å². The minimum atomic E-state index is -1.08. The standard InChI is InChI=1S/C28H36N2O5/c1-17(2)13-14-24(27(32)33)29-26(31)25(15-18(3)4)30-28(34)35-16-23-21-11-7-5-9-19(21)20-10-6-8-12-22(20)23/h5-12,17-18,23-25H,13-16H2,1-4H3,(H,29,31)(H,30,34)(H,32,33). The monoisotopic (exact) mass is 480 g/mol. The molecule has 35 heavy (non-hydrogen) atoms. The lowest BCUT2D eigenvalue weighted by Gasteiger charge is -2.23. The van der Waals surface area contributed by atoms with E-state index in [1.807, 2.05) is 64.1 Å². The number of carbonyl (C=O) groups excluding carboxylic acids is 2. The molecule has 7 nitrogen and oxygen atoms in total. The van der Waals surface area contributed by atoms with Crippen LogP contribution in [0, 0.1) is 11.8 Å². The fourth-order valence-corrected chi connectivity index (χ4v) is 4.51. The lowest BCUT2D eigenvalue weighted by molar-refractivity contribution is -0.142. The number of carboxylic acid groups (broad SMARTS) is 1. The number of hydrogen-bond donors (Lipinski definition) is 3. The minimum absolute atomic E-state index is 0.0852. The van der Waals surface area contributed by atoms with Crippen LogP contribution < -0.4 is 10.6 Å². The summed E-state index contributed by atoms with van der Waals surface area (Å²) >= 11 is 0. The average molecular weight is 481 g/mol. The molecule has 0 fully saturated rings. The normalized spacial score (nSPS) is 14.2. The largest absolute Gasteiger partial charge is 0.480 e. The van der Waals surface area contributed by atoms with Crippen molar-refractivity contribution in [3.8, 4) is 11.1 Å². The van der Waals surface area contributed by atoms with E-state index in [0.29, 0.717) is 25.2 Å². The number of alkyl carbamates (subject to hydrolysis) is 1. The van der Waals surface area contributed by atoms with Crippen molar-refractivity contribution in [3.63, 3.8) is 0 Å². The van der Waals surface area contributed by atoms with Gasteiger partial charge >= 0.3 is 12.1 Å². The average Bonchev–Trinajstić information content (AvgIpc) is 3.13. The zero-order valence-corrected chi connectivity index (χ0v) is 20.9. The predicted molar refractivity (Wildman–Crippen MR) is 135 cm³/mol. The van der Waals surface area contributed by atoms with Crippen molar-refractivity contribution < 1.29 is 24.2 Å². The molecule has 0 bridgehead atoms. The molecule has 0 radical (unpaired) electrons. The summed E-state index contributed by atoms with van der Waals surface area (Å²) in [5, 5.41) is 14.8. The van der Waals surface area contributed by atoms with Crippen LogP contribution in [0.1, 0.15) is 64.0 Å². The molecule has 7 heteroatoms. The molecule has 0 aliphatic heterocycles. The fourth-order valence-electron chi connectivity index (χ4n) is 4.51. The lowest BCUT2D eigenvalue weighted by atomic mass is 9.98. The van der Waals surface area contributed by atoms with E-state index in [1.54, 1.807) is 0 Å². The van der Waals surface area contributed by atoms with Gasteiger partial charge in [0.05, 0.1) is 0 Å². The van der Waals surface area contributed by atoms with Gasteiger partial charge in [-0.15, -0.1) is 0 Å². The second-order valence-corrected chi connectivity index (χ2v) is 10.0. The van der Waals surface area contributed by atoms with Gasteiger partial charge in [-0.1, -0.05) is 76.2 Å². The van der Waals surface area contributed by atoms with Gasteiger partial charge in [-0.05, 0) is 53.4 Å². The topological polar surface area (TPSA) is 105 Å². The van der Waals surface area contributed by atoms with E-state index >= 15 is 0 Å². The first-order chi connectivity index (χ1) is 16.7. The quantitative estimate of drug-likeness (QED) is 0.422. The number of ether oxygens (including phenoxy) is 1. The third-order valence-electron chi connectivity index (χ3n) is 6.31. The van der Waals surface area contributed by atoms with Crippen molar-refractivity contribution in [1.82, 2.24) is 10.6 Å².